The minimum Gasteiger partial charge on any atom is -0.394 e. The lowest BCUT2D eigenvalue weighted by Gasteiger charge is -2.24. The quantitative estimate of drug-likeness (QED) is 0.791. The molecule has 0 aromatic carbocycles. The van der Waals surface area contributed by atoms with Gasteiger partial charge in [-0.25, -0.2) is 0 Å². The molecule has 0 spiro atoms. The molecule has 0 radical (unpaired) electrons. The number of aryl methyl sites for hydroxylation is 2. The summed E-state index contributed by atoms with van der Waals surface area (Å²) >= 11 is 0. The number of anilines is 2. The van der Waals surface area contributed by atoms with Crippen LogP contribution in [0.2, 0.25) is 0 Å². The Balaban J connectivity index is 2.26. The van der Waals surface area contributed by atoms with Crippen molar-refractivity contribution in [2.75, 3.05) is 30.8 Å². The fraction of sp³-hybridized carbons (Fsp3) is 0.667. The van der Waals surface area contributed by atoms with Crippen molar-refractivity contribution in [2.24, 2.45) is 12.5 Å². The van der Waals surface area contributed by atoms with Gasteiger partial charge in [-0.05, 0) is 20.3 Å². The van der Waals surface area contributed by atoms with Crippen molar-refractivity contribution in [3.05, 3.63) is 5.69 Å². The van der Waals surface area contributed by atoms with E-state index >= 15 is 0 Å². The Morgan fingerprint density at radius 2 is 2.22 bits per heavy atom. The SMILES string of the molecule is CNC(=O)C1(C)CCN(c2c(N)c(C)nn2C)C1. The van der Waals surface area contributed by atoms with Gasteiger partial charge in [0.1, 0.15) is 5.82 Å². The Morgan fingerprint density at radius 3 is 2.72 bits per heavy atom. The minimum atomic E-state index is -0.348. The van der Waals surface area contributed by atoms with Crippen molar-refractivity contribution in [2.45, 2.75) is 20.3 Å². The van der Waals surface area contributed by atoms with Gasteiger partial charge in [0.15, 0.2) is 0 Å². The highest BCUT2D eigenvalue weighted by Crippen LogP contribution is 2.36. The Hall–Kier alpha value is -1.72. The molecule has 1 amide bonds. The van der Waals surface area contributed by atoms with Gasteiger partial charge in [0.2, 0.25) is 5.91 Å². The Labute approximate surface area is 107 Å². The number of nitrogens with zero attached hydrogens (tertiary/aromatic N) is 3. The first-order valence-electron chi connectivity index (χ1n) is 6.15. The highest BCUT2D eigenvalue weighted by molar-refractivity contribution is 5.84. The van der Waals surface area contributed by atoms with Crippen molar-refractivity contribution >= 4 is 17.4 Å². The van der Waals surface area contributed by atoms with E-state index in [1.807, 2.05) is 20.9 Å². The molecule has 6 nitrogen and oxygen atoms in total. The third-order valence-electron chi connectivity index (χ3n) is 3.79. The number of nitrogens with two attached hydrogens (primary N) is 1. The van der Waals surface area contributed by atoms with Gasteiger partial charge in [0, 0.05) is 27.2 Å². The second kappa shape index (κ2) is 4.19. The smallest absolute Gasteiger partial charge is 0.227 e. The Morgan fingerprint density at radius 1 is 1.56 bits per heavy atom. The van der Waals surface area contributed by atoms with Crippen LogP contribution in [0.4, 0.5) is 11.5 Å². The molecule has 1 fully saturated rings. The average molecular weight is 251 g/mol. The summed E-state index contributed by atoms with van der Waals surface area (Å²) in [6.07, 6.45) is 0.830. The molecule has 6 heteroatoms. The summed E-state index contributed by atoms with van der Waals surface area (Å²) in [5, 5.41) is 7.05. The number of nitrogens with one attached hydrogen (secondary N) is 1. The molecule has 1 aliphatic heterocycles. The van der Waals surface area contributed by atoms with Gasteiger partial charge >= 0.3 is 0 Å². The zero-order valence-corrected chi connectivity index (χ0v) is 11.4. The first kappa shape index (κ1) is 12.7. The Kier molecular flexibility index (Phi) is 2.96. The summed E-state index contributed by atoms with van der Waals surface area (Å²) < 4.78 is 1.79. The lowest BCUT2D eigenvalue weighted by Crippen LogP contribution is -2.39. The third-order valence-corrected chi connectivity index (χ3v) is 3.79. The van der Waals surface area contributed by atoms with E-state index in [9.17, 15) is 4.79 Å². The topological polar surface area (TPSA) is 76.2 Å². The molecular formula is C12H21N5O. The number of amides is 1. The zero-order valence-electron chi connectivity index (χ0n) is 11.4. The van der Waals surface area contributed by atoms with Crippen molar-refractivity contribution in [1.29, 1.82) is 0 Å². The molecule has 1 unspecified atom stereocenters. The molecule has 1 aromatic rings. The molecule has 1 atom stereocenters. The van der Waals surface area contributed by atoms with Gasteiger partial charge < -0.3 is 16.0 Å². The normalized spacial score (nSPS) is 23.4. The van der Waals surface area contributed by atoms with E-state index in [1.54, 1.807) is 11.7 Å². The minimum absolute atomic E-state index is 0.0856. The largest absolute Gasteiger partial charge is 0.394 e. The van der Waals surface area contributed by atoms with Crippen LogP contribution in [0.3, 0.4) is 0 Å². The van der Waals surface area contributed by atoms with Crippen LogP contribution < -0.4 is 16.0 Å². The van der Waals surface area contributed by atoms with Crippen LogP contribution in [0.15, 0.2) is 0 Å². The van der Waals surface area contributed by atoms with Crippen LogP contribution >= 0.6 is 0 Å². The molecule has 1 aromatic heterocycles. The van der Waals surface area contributed by atoms with E-state index in [-0.39, 0.29) is 11.3 Å². The van der Waals surface area contributed by atoms with Crippen molar-refractivity contribution < 1.29 is 4.79 Å². The van der Waals surface area contributed by atoms with E-state index in [0.29, 0.717) is 12.2 Å². The molecule has 1 saturated heterocycles. The lowest BCUT2D eigenvalue weighted by atomic mass is 9.89. The molecule has 2 heterocycles. The number of carbonyl (C=O) groups is 1. The summed E-state index contributed by atoms with van der Waals surface area (Å²) in [6.45, 7) is 5.39. The van der Waals surface area contributed by atoms with Crippen LogP contribution in [0.25, 0.3) is 0 Å². The fourth-order valence-corrected chi connectivity index (χ4v) is 2.67. The lowest BCUT2D eigenvalue weighted by molar-refractivity contribution is -0.128. The van der Waals surface area contributed by atoms with Gasteiger partial charge in [0.25, 0.3) is 0 Å². The summed E-state index contributed by atoms with van der Waals surface area (Å²) in [5.41, 5.74) is 7.25. The predicted octanol–water partition coefficient (Wildman–Crippen LogP) is 0.273. The number of nitrogen functional groups attached to an aromatic ring is 1. The third kappa shape index (κ3) is 1.81. The van der Waals surface area contributed by atoms with E-state index < -0.39 is 0 Å². The highest BCUT2D eigenvalue weighted by Gasteiger charge is 2.41. The second-order valence-corrected chi connectivity index (χ2v) is 5.26. The molecule has 2 rings (SSSR count). The van der Waals surface area contributed by atoms with Crippen LogP contribution in [-0.2, 0) is 11.8 Å². The molecule has 3 N–H and O–H groups in total. The summed E-state index contributed by atoms with van der Waals surface area (Å²) in [7, 11) is 3.56. The first-order valence-corrected chi connectivity index (χ1v) is 6.15. The maximum Gasteiger partial charge on any atom is 0.227 e. The first-order chi connectivity index (χ1) is 8.39. The average Bonchev–Trinajstić information content (AvgIpc) is 2.81. The predicted molar refractivity (Wildman–Crippen MR) is 71.4 cm³/mol. The Bertz CT molecular complexity index is 481. The van der Waals surface area contributed by atoms with E-state index in [1.165, 1.54) is 0 Å². The monoisotopic (exact) mass is 251 g/mol. The molecule has 0 bridgehead atoms. The van der Waals surface area contributed by atoms with Crippen LogP contribution in [0, 0.1) is 12.3 Å². The van der Waals surface area contributed by atoms with Crippen molar-refractivity contribution in [3.8, 4) is 0 Å². The number of aromatic nitrogens is 2. The molecule has 100 valence electrons. The number of hydrogen-bond donors (Lipinski definition) is 2. The van der Waals surface area contributed by atoms with Crippen molar-refractivity contribution in [1.82, 2.24) is 15.1 Å². The second-order valence-electron chi connectivity index (χ2n) is 5.26. The highest BCUT2D eigenvalue weighted by atomic mass is 16.2. The summed E-state index contributed by atoms with van der Waals surface area (Å²) in [4.78, 5) is 14.0. The van der Waals surface area contributed by atoms with Crippen LogP contribution in [0.5, 0.6) is 0 Å². The maximum absolute atomic E-state index is 11.9. The van der Waals surface area contributed by atoms with E-state index in [4.69, 9.17) is 5.73 Å². The van der Waals surface area contributed by atoms with Gasteiger partial charge in [0.05, 0.1) is 16.8 Å². The van der Waals surface area contributed by atoms with E-state index in [0.717, 1.165) is 24.5 Å². The molecule has 1 aliphatic rings. The van der Waals surface area contributed by atoms with Gasteiger partial charge in [-0.1, -0.05) is 0 Å². The van der Waals surface area contributed by atoms with Gasteiger partial charge in [-0.3, -0.25) is 9.48 Å². The van der Waals surface area contributed by atoms with Crippen LogP contribution in [-0.4, -0.2) is 35.8 Å². The molecule has 0 saturated carbocycles. The van der Waals surface area contributed by atoms with Gasteiger partial charge in [-0.15, -0.1) is 0 Å². The number of carbonyl (C=O) groups excluding carboxylic acids is 1. The standard InChI is InChI=1S/C12H21N5O/c1-8-9(13)10(16(4)15-8)17-6-5-12(2,7-17)11(18)14-3/h5-7,13H2,1-4H3,(H,14,18). The van der Waals surface area contributed by atoms with Crippen LogP contribution in [0.1, 0.15) is 19.0 Å². The van der Waals surface area contributed by atoms with Gasteiger partial charge in [-0.2, -0.15) is 5.10 Å². The van der Waals surface area contributed by atoms with E-state index in [2.05, 4.69) is 15.3 Å². The molecule has 18 heavy (non-hydrogen) atoms. The molecule has 0 aliphatic carbocycles. The maximum atomic E-state index is 11.9. The number of hydrogen-bond acceptors (Lipinski definition) is 4. The number of rotatable bonds is 2. The summed E-state index contributed by atoms with van der Waals surface area (Å²) in [6, 6.07) is 0. The zero-order chi connectivity index (χ0) is 13.5. The molecular weight excluding hydrogens is 230 g/mol. The summed E-state index contributed by atoms with van der Waals surface area (Å²) in [5.74, 6) is 1.00. The fourth-order valence-electron chi connectivity index (χ4n) is 2.67. The van der Waals surface area contributed by atoms with Crippen molar-refractivity contribution in [3.63, 3.8) is 0 Å².